The first-order valence-corrected chi connectivity index (χ1v) is 12.4. The van der Waals surface area contributed by atoms with Crippen LogP contribution in [0.25, 0.3) is 0 Å². The first kappa shape index (κ1) is 25.9. The molecule has 1 aliphatic heterocycles. The predicted octanol–water partition coefficient (Wildman–Crippen LogP) is 1.71. The third kappa shape index (κ3) is 7.09. The second kappa shape index (κ2) is 10.5. The highest BCUT2D eigenvalue weighted by Crippen LogP contribution is 2.30. The summed E-state index contributed by atoms with van der Waals surface area (Å²) in [6, 6.07) is 4.93. The van der Waals surface area contributed by atoms with Gasteiger partial charge in [0, 0.05) is 39.8 Å². The van der Waals surface area contributed by atoms with Gasteiger partial charge in [0.1, 0.15) is 0 Å². The maximum Gasteiger partial charge on any atom is 0.243 e. The molecule has 10 heteroatoms. The molecule has 2 rings (SSSR count). The summed E-state index contributed by atoms with van der Waals surface area (Å²) in [5, 5.41) is 5.89. The fourth-order valence-corrected chi connectivity index (χ4v) is 5.07. The molecule has 1 fully saturated rings. The molecule has 0 bridgehead atoms. The molecule has 0 aliphatic carbocycles. The topological polar surface area (TPSA) is 102 Å². The van der Waals surface area contributed by atoms with E-state index >= 15 is 0 Å². The van der Waals surface area contributed by atoms with Crippen molar-refractivity contribution in [3.05, 3.63) is 18.2 Å². The van der Waals surface area contributed by atoms with Crippen LogP contribution in [0.2, 0.25) is 0 Å². The van der Waals surface area contributed by atoms with Crippen molar-refractivity contribution < 1.29 is 18.0 Å². The average molecular weight is 468 g/mol. The lowest BCUT2D eigenvalue weighted by Gasteiger charge is -2.27. The van der Waals surface area contributed by atoms with Crippen molar-refractivity contribution in [1.29, 1.82) is 0 Å². The molecule has 0 spiro atoms. The van der Waals surface area contributed by atoms with Crippen molar-refractivity contribution in [2.45, 2.75) is 50.5 Å². The van der Waals surface area contributed by atoms with Crippen LogP contribution in [0, 0.1) is 0 Å². The zero-order chi connectivity index (χ0) is 24.1. The summed E-state index contributed by atoms with van der Waals surface area (Å²) in [6.07, 6.45) is 2.77. The number of rotatable bonds is 8. The number of nitrogens with zero attached hydrogens (tertiary/aromatic N) is 3. The normalized spacial score (nSPS) is 15.2. The van der Waals surface area contributed by atoms with E-state index in [9.17, 15) is 18.0 Å². The summed E-state index contributed by atoms with van der Waals surface area (Å²) in [5.74, 6) is -0.514. The molecule has 2 N–H and O–H groups in total. The summed E-state index contributed by atoms with van der Waals surface area (Å²) >= 11 is 0. The Bertz CT molecular complexity index is 919. The van der Waals surface area contributed by atoms with E-state index in [1.165, 1.54) is 9.21 Å². The Morgan fingerprint density at radius 2 is 1.69 bits per heavy atom. The van der Waals surface area contributed by atoms with Crippen molar-refractivity contribution in [3.8, 4) is 0 Å². The maximum absolute atomic E-state index is 13.1. The molecule has 0 atom stereocenters. The van der Waals surface area contributed by atoms with Crippen molar-refractivity contribution in [2.24, 2.45) is 0 Å². The van der Waals surface area contributed by atoms with Crippen molar-refractivity contribution in [3.63, 3.8) is 0 Å². The lowest BCUT2D eigenvalue weighted by atomic mass is 10.1. The molecule has 1 heterocycles. The van der Waals surface area contributed by atoms with Gasteiger partial charge in [0.25, 0.3) is 0 Å². The van der Waals surface area contributed by atoms with Crippen LogP contribution in [0.4, 0.5) is 11.4 Å². The molecule has 1 aliphatic rings. The Labute approximate surface area is 192 Å². The van der Waals surface area contributed by atoms with Gasteiger partial charge in [0.15, 0.2) is 0 Å². The molecular weight excluding hydrogens is 430 g/mol. The Morgan fingerprint density at radius 1 is 1.06 bits per heavy atom. The maximum atomic E-state index is 13.1. The molecule has 2 amide bonds. The van der Waals surface area contributed by atoms with Crippen LogP contribution in [0.3, 0.4) is 0 Å². The zero-order valence-electron chi connectivity index (χ0n) is 20.1. The number of anilines is 2. The molecule has 1 saturated heterocycles. The van der Waals surface area contributed by atoms with Crippen LogP contribution >= 0.6 is 0 Å². The fourth-order valence-electron chi connectivity index (χ4n) is 3.53. The van der Waals surface area contributed by atoms with Gasteiger partial charge in [-0.25, -0.2) is 8.42 Å². The molecule has 9 nitrogen and oxygen atoms in total. The summed E-state index contributed by atoms with van der Waals surface area (Å²) in [7, 11) is 1.68. The van der Waals surface area contributed by atoms with Gasteiger partial charge in [0.2, 0.25) is 21.8 Å². The van der Waals surface area contributed by atoms with Gasteiger partial charge < -0.3 is 20.4 Å². The van der Waals surface area contributed by atoms with E-state index < -0.39 is 10.0 Å². The van der Waals surface area contributed by atoms with Crippen LogP contribution in [-0.2, 0) is 19.6 Å². The molecule has 0 saturated carbocycles. The van der Waals surface area contributed by atoms with Gasteiger partial charge in [-0.05, 0) is 51.8 Å². The van der Waals surface area contributed by atoms with Gasteiger partial charge in [-0.1, -0.05) is 6.42 Å². The lowest BCUT2D eigenvalue weighted by molar-refractivity contribution is -0.133. The van der Waals surface area contributed by atoms with E-state index in [2.05, 4.69) is 10.6 Å². The van der Waals surface area contributed by atoms with Gasteiger partial charge in [-0.3, -0.25) is 9.59 Å². The smallest absolute Gasteiger partial charge is 0.243 e. The average Bonchev–Trinajstić information content (AvgIpc) is 2.70. The van der Waals surface area contributed by atoms with E-state index in [0.29, 0.717) is 18.8 Å². The van der Waals surface area contributed by atoms with E-state index in [4.69, 9.17) is 0 Å². The van der Waals surface area contributed by atoms with Gasteiger partial charge in [-0.2, -0.15) is 4.31 Å². The van der Waals surface area contributed by atoms with Crippen LogP contribution in [-0.4, -0.2) is 82.3 Å². The quantitative estimate of drug-likeness (QED) is 0.604. The highest BCUT2D eigenvalue weighted by atomic mass is 32.2. The number of likely N-dealkylation sites (N-methyl/N-ethyl adjacent to an activating group) is 1. The molecule has 0 unspecified atom stereocenters. The number of benzene rings is 1. The van der Waals surface area contributed by atoms with Crippen molar-refractivity contribution >= 4 is 33.2 Å². The monoisotopic (exact) mass is 467 g/mol. The fraction of sp³-hybridized carbons (Fsp3) is 0.636. The molecule has 32 heavy (non-hydrogen) atoms. The number of nitrogens with one attached hydrogen (secondary N) is 2. The van der Waals surface area contributed by atoms with Gasteiger partial charge in [-0.15, -0.1) is 0 Å². The summed E-state index contributed by atoms with van der Waals surface area (Å²) in [6.45, 7) is 6.57. The summed E-state index contributed by atoms with van der Waals surface area (Å²) in [4.78, 5) is 28.1. The minimum atomic E-state index is -3.59. The van der Waals surface area contributed by atoms with E-state index in [1.807, 2.05) is 39.8 Å². The molecule has 1 aromatic rings. The Balaban J connectivity index is 2.13. The van der Waals surface area contributed by atoms with E-state index in [0.717, 1.165) is 24.9 Å². The minimum Gasteiger partial charge on any atom is -0.376 e. The number of piperidine rings is 1. The molecule has 0 radical (unpaired) electrons. The largest absolute Gasteiger partial charge is 0.376 e. The number of carbonyl (C=O) groups excluding carboxylic acids is 2. The van der Waals surface area contributed by atoms with Crippen LogP contribution < -0.4 is 15.5 Å². The van der Waals surface area contributed by atoms with E-state index in [-0.39, 0.29) is 35.3 Å². The lowest BCUT2D eigenvalue weighted by Crippen LogP contribution is -2.47. The number of carbonyl (C=O) groups is 2. The number of amides is 2. The second-order valence-corrected chi connectivity index (χ2v) is 11.4. The minimum absolute atomic E-state index is 0.0539. The summed E-state index contributed by atoms with van der Waals surface area (Å²) in [5.41, 5.74) is 0.942. The third-order valence-corrected chi connectivity index (χ3v) is 7.05. The van der Waals surface area contributed by atoms with Gasteiger partial charge in [0.05, 0.1) is 29.4 Å². The van der Waals surface area contributed by atoms with Crippen molar-refractivity contribution in [1.82, 2.24) is 14.5 Å². The van der Waals surface area contributed by atoms with Crippen LogP contribution in [0.5, 0.6) is 0 Å². The van der Waals surface area contributed by atoms with E-state index in [1.54, 1.807) is 25.2 Å². The molecule has 0 aromatic heterocycles. The zero-order valence-corrected chi connectivity index (χ0v) is 20.9. The third-order valence-electron chi connectivity index (χ3n) is 5.15. The first-order valence-electron chi connectivity index (χ1n) is 10.9. The highest BCUT2D eigenvalue weighted by Gasteiger charge is 2.27. The Kier molecular flexibility index (Phi) is 8.53. The molecule has 180 valence electrons. The number of sulfonamides is 1. The number of hydrogen-bond donors (Lipinski definition) is 2. The van der Waals surface area contributed by atoms with Crippen LogP contribution in [0.1, 0.15) is 40.0 Å². The molecular formula is C22H37N5O4S. The second-order valence-electron chi connectivity index (χ2n) is 9.44. The van der Waals surface area contributed by atoms with Crippen molar-refractivity contribution in [2.75, 3.05) is 57.5 Å². The summed E-state index contributed by atoms with van der Waals surface area (Å²) < 4.78 is 27.7. The van der Waals surface area contributed by atoms with Gasteiger partial charge >= 0.3 is 0 Å². The number of hydrogen-bond acceptors (Lipinski definition) is 6. The predicted molar refractivity (Wildman–Crippen MR) is 127 cm³/mol. The first-order chi connectivity index (χ1) is 14.8. The standard InChI is InChI=1S/C22H37N5O4S/c1-22(2,3)24-20(28)16-26(6)21(29)15-23-18-14-17(10-11-19(18)25(4)5)32(30,31)27-12-8-7-9-13-27/h10-11,14,23H,7-9,12-13,15-16H2,1-6H3,(H,24,28). The molecule has 1 aromatic carbocycles. The van der Waals surface area contributed by atoms with Crippen LogP contribution in [0.15, 0.2) is 23.1 Å². The Hall–Kier alpha value is -2.33. The SMILES string of the molecule is CN(CC(=O)NC(C)(C)C)C(=O)CNc1cc(S(=O)(=O)N2CCCCC2)ccc1N(C)C. The highest BCUT2D eigenvalue weighted by molar-refractivity contribution is 7.89. The Morgan fingerprint density at radius 3 is 2.25 bits per heavy atom.